The molecule has 0 bridgehead atoms. The maximum absolute atomic E-state index is 8.98. The third-order valence-electron chi connectivity index (χ3n) is 3.81. The van der Waals surface area contributed by atoms with E-state index in [0.717, 1.165) is 32.1 Å². The molecule has 20 heavy (non-hydrogen) atoms. The first-order chi connectivity index (χ1) is 9.70. The second kappa shape index (κ2) is 7.28. The molecule has 4 heteroatoms. The third-order valence-corrected chi connectivity index (χ3v) is 3.81. The van der Waals surface area contributed by atoms with Gasteiger partial charge in [0, 0.05) is 13.1 Å². The van der Waals surface area contributed by atoms with Crippen molar-refractivity contribution in [3.8, 4) is 11.8 Å². The van der Waals surface area contributed by atoms with Crippen LogP contribution in [0.3, 0.4) is 0 Å². The fourth-order valence-corrected chi connectivity index (χ4v) is 2.34. The van der Waals surface area contributed by atoms with Gasteiger partial charge < -0.3 is 9.47 Å². The van der Waals surface area contributed by atoms with Gasteiger partial charge in [0.15, 0.2) is 0 Å². The van der Waals surface area contributed by atoms with E-state index in [1.807, 2.05) is 6.07 Å². The second-order valence-electron chi connectivity index (χ2n) is 5.22. The molecule has 0 aromatic heterocycles. The highest BCUT2D eigenvalue weighted by atomic mass is 16.5. The Morgan fingerprint density at radius 1 is 1.30 bits per heavy atom. The minimum atomic E-state index is 0.144. The van der Waals surface area contributed by atoms with E-state index in [2.05, 4.69) is 36.9 Å². The Hall–Kier alpha value is -1.57. The van der Waals surface area contributed by atoms with Crippen LogP contribution in [0.25, 0.3) is 0 Å². The van der Waals surface area contributed by atoms with Gasteiger partial charge in [0.25, 0.3) is 0 Å². The average molecular weight is 274 g/mol. The molecule has 2 rings (SSSR count). The zero-order chi connectivity index (χ0) is 14.4. The van der Waals surface area contributed by atoms with Crippen LogP contribution in [-0.4, -0.2) is 43.9 Å². The third kappa shape index (κ3) is 3.96. The Balaban J connectivity index is 1.94. The van der Waals surface area contributed by atoms with Crippen LogP contribution >= 0.6 is 0 Å². The summed E-state index contributed by atoms with van der Waals surface area (Å²) >= 11 is 0. The molecule has 108 valence electrons. The van der Waals surface area contributed by atoms with E-state index in [-0.39, 0.29) is 6.04 Å². The second-order valence-corrected chi connectivity index (χ2v) is 5.22. The monoisotopic (exact) mass is 274 g/mol. The summed E-state index contributed by atoms with van der Waals surface area (Å²) in [5.41, 5.74) is 2.49. The van der Waals surface area contributed by atoms with Crippen LogP contribution in [0, 0.1) is 25.2 Å². The van der Waals surface area contributed by atoms with Crippen LogP contribution in [0.15, 0.2) is 18.2 Å². The first-order valence-corrected chi connectivity index (χ1v) is 7.09. The molecule has 1 atom stereocenters. The van der Waals surface area contributed by atoms with Crippen LogP contribution in [0.2, 0.25) is 0 Å². The molecule has 0 aliphatic carbocycles. The van der Waals surface area contributed by atoms with Gasteiger partial charge in [-0.3, -0.25) is 4.90 Å². The smallest absolute Gasteiger partial charge is 0.119 e. The summed E-state index contributed by atoms with van der Waals surface area (Å²) in [4.78, 5) is 2.29. The van der Waals surface area contributed by atoms with Crippen molar-refractivity contribution in [3.05, 3.63) is 29.3 Å². The molecule has 1 aliphatic rings. The number of morpholine rings is 1. The van der Waals surface area contributed by atoms with Gasteiger partial charge in [-0.25, -0.2) is 0 Å². The van der Waals surface area contributed by atoms with Crippen molar-refractivity contribution in [1.29, 1.82) is 5.26 Å². The van der Waals surface area contributed by atoms with Crippen LogP contribution < -0.4 is 4.74 Å². The summed E-state index contributed by atoms with van der Waals surface area (Å²) in [6.45, 7) is 7.96. The maximum atomic E-state index is 8.98. The Morgan fingerprint density at radius 2 is 2.05 bits per heavy atom. The number of nitriles is 1. The van der Waals surface area contributed by atoms with E-state index in [9.17, 15) is 0 Å². The molecule has 1 fully saturated rings. The van der Waals surface area contributed by atoms with Crippen LogP contribution in [0.5, 0.6) is 5.75 Å². The lowest BCUT2D eigenvalue weighted by atomic mass is 10.1. The highest BCUT2D eigenvalue weighted by Crippen LogP contribution is 2.18. The number of hydrogen-bond acceptors (Lipinski definition) is 4. The molecular weight excluding hydrogens is 252 g/mol. The van der Waals surface area contributed by atoms with E-state index in [0.29, 0.717) is 13.0 Å². The molecular formula is C16H22N2O2. The molecule has 0 N–H and O–H groups in total. The fourth-order valence-electron chi connectivity index (χ4n) is 2.34. The van der Waals surface area contributed by atoms with Crippen molar-refractivity contribution >= 4 is 0 Å². The number of nitrogens with zero attached hydrogens (tertiary/aromatic N) is 2. The number of benzene rings is 1. The van der Waals surface area contributed by atoms with Crippen LogP contribution in [-0.2, 0) is 4.74 Å². The number of rotatable bonds is 5. The number of aryl methyl sites for hydroxylation is 2. The molecule has 1 aromatic rings. The maximum Gasteiger partial charge on any atom is 0.119 e. The summed E-state index contributed by atoms with van der Waals surface area (Å²) in [6.07, 6.45) is 0.491. The summed E-state index contributed by atoms with van der Waals surface area (Å²) in [5.74, 6) is 0.879. The summed E-state index contributed by atoms with van der Waals surface area (Å²) in [5, 5.41) is 8.98. The van der Waals surface area contributed by atoms with Gasteiger partial charge in [-0.05, 0) is 37.1 Å². The lowest BCUT2D eigenvalue weighted by molar-refractivity contribution is 0.00715. The standard InChI is InChI=1S/C16H22N2O2/c1-13-3-4-16(11-14(13)2)20-12-15(5-6-17)18-7-9-19-10-8-18/h3-4,11,15H,5,7-10,12H2,1-2H3. The van der Waals surface area contributed by atoms with Crippen molar-refractivity contribution in [2.24, 2.45) is 0 Å². The molecule has 1 saturated heterocycles. The van der Waals surface area contributed by atoms with Crippen molar-refractivity contribution in [2.45, 2.75) is 26.3 Å². The van der Waals surface area contributed by atoms with Crippen molar-refractivity contribution in [1.82, 2.24) is 4.90 Å². The molecule has 0 saturated carbocycles. The molecule has 4 nitrogen and oxygen atoms in total. The first kappa shape index (κ1) is 14.8. The molecule has 1 aromatic carbocycles. The number of hydrogen-bond donors (Lipinski definition) is 0. The lowest BCUT2D eigenvalue weighted by Gasteiger charge is -2.33. The van der Waals surface area contributed by atoms with E-state index >= 15 is 0 Å². The predicted molar refractivity (Wildman–Crippen MR) is 77.8 cm³/mol. The quantitative estimate of drug-likeness (QED) is 0.826. The van der Waals surface area contributed by atoms with Gasteiger partial charge in [0.2, 0.25) is 0 Å². The molecule has 0 radical (unpaired) electrons. The van der Waals surface area contributed by atoms with Crippen LogP contribution in [0.1, 0.15) is 17.5 Å². The van der Waals surface area contributed by atoms with Gasteiger partial charge >= 0.3 is 0 Å². The Bertz CT molecular complexity index is 476. The van der Waals surface area contributed by atoms with Crippen LogP contribution in [0.4, 0.5) is 0 Å². The Kier molecular flexibility index (Phi) is 5.40. The van der Waals surface area contributed by atoms with E-state index in [1.165, 1.54) is 11.1 Å². The van der Waals surface area contributed by atoms with E-state index < -0.39 is 0 Å². The highest BCUT2D eigenvalue weighted by Gasteiger charge is 2.21. The summed E-state index contributed by atoms with van der Waals surface area (Å²) in [7, 11) is 0. The molecule has 0 spiro atoms. The summed E-state index contributed by atoms with van der Waals surface area (Å²) in [6, 6.07) is 8.52. The van der Waals surface area contributed by atoms with Crippen molar-refractivity contribution in [3.63, 3.8) is 0 Å². The Morgan fingerprint density at radius 3 is 2.70 bits per heavy atom. The van der Waals surface area contributed by atoms with Crippen molar-refractivity contribution in [2.75, 3.05) is 32.9 Å². The predicted octanol–water partition coefficient (Wildman–Crippen LogP) is 2.30. The number of ether oxygens (including phenoxy) is 2. The molecule has 0 amide bonds. The zero-order valence-corrected chi connectivity index (χ0v) is 12.3. The average Bonchev–Trinajstić information content (AvgIpc) is 2.48. The minimum Gasteiger partial charge on any atom is -0.492 e. The topological polar surface area (TPSA) is 45.5 Å². The van der Waals surface area contributed by atoms with Gasteiger partial charge in [-0.1, -0.05) is 6.07 Å². The molecule has 1 heterocycles. The summed E-state index contributed by atoms with van der Waals surface area (Å²) < 4.78 is 11.2. The fraction of sp³-hybridized carbons (Fsp3) is 0.562. The first-order valence-electron chi connectivity index (χ1n) is 7.09. The molecule has 1 unspecified atom stereocenters. The Labute approximate surface area is 120 Å². The normalized spacial score (nSPS) is 17.4. The van der Waals surface area contributed by atoms with E-state index in [1.54, 1.807) is 0 Å². The van der Waals surface area contributed by atoms with E-state index in [4.69, 9.17) is 14.7 Å². The minimum absolute atomic E-state index is 0.144. The highest BCUT2D eigenvalue weighted by molar-refractivity contribution is 5.33. The lowest BCUT2D eigenvalue weighted by Crippen LogP contribution is -2.46. The van der Waals surface area contributed by atoms with Gasteiger partial charge in [-0.15, -0.1) is 0 Å². The van der Waals surface area contributed by atoms with Gasteiger partial charge in [-0.2, -0.15) is 5.26 Å². The van der Waals surface area contributed by atoms with Crippen molar-refractivity contribution < 1.29 is 9.47 Å². The largest absolute Gasteiger partial charge is 0.492 e. The van der Waals surface area contributed by atoms with Gasteiger partial charge in [0.1, 0.15) is 12.4 Å². The SMILES string of the molecule is Cc1ccc(OCC(CC#N)N2CCOCC2)cc1C. The molecule has 1 aliphatic heterocycles. The zero-order valence-electron chi connectivity index (χ0n) is 12.3. The van der Waals surface area contributed by atoms with Gasteiger partial charge in [0.05, 0.1) is 31.7 Å².